The van der Waals surface area contributed by atoms with E-state index in [9.17, 15) is 4.79 Å². The average Bonchev–Trinajstić information content (AvgIpc) is 3.13. The highest BCUT2D eigenvalue weighted by Gasteiger charge is 2.21. The minimum Gasteiger partial charge on any atom is -0.431 e. The van der Waals surface area contributed by atoms with Crippen LogP contribution in [0.3, 0.4) is 0 Å². The van der Waals surface area contributed by atoms with E-state index in [-0.39, 0.29) is 11.8 Å². The largest absolute Gasteiger partial charge is 0.431 e. The number of fused-ring (bicyclic) bond motifs is 1. The Morgan fingerprint density at radius 2 is 1.90 bits per heavy atom. The number of rotatable bonds is 6. The number of nitrogens with one attached hydrogen (secondary N) is 1. The average molecular weight is 410 g/mol. The van der Waals surface area contributed by atoms with Gasteiger partial charge in [0.2, 0.25) is 5.91 Å². The van der Waals surface area contributed by atoms with Gasteiger partial charge in [-0.15, -0.1) is 0 Å². The quantitative estimate of drug-likeness (QED) is 0.634. The molecule has 4 rings (SSSR count). The van der Waals surface area contributed by atoms with E-state index in [2.05, 4.69) is 33.4 Å². The number of likely N-dealkylation sites (tertiary alicyclic amines) is 1. The number of benzene rings is 2. The van der Waals surface area contributed by atoms with E-state index in [1.165, 1.54) is 5.56 Å². The maximum Gasteiger partial charge on any atom is 0.279 e. The minimum absolute atomic E-state index is 0.0523. The van der Waals surface area contributed by atoms with E-state index in [0.717, 1.165) is 48.4 Å². The molecule has 1 aliphatic rings. The molecule has 2 aromatic carbocycles. The number of nitrogens with zero attached hydrogens (tertiary/aromatic N) is 2. The van der Waals surface area contributed by atoms with Crippen molar-refractivity contribution in [2.75, 3.05) is 13.1 Å². The van der Waals surface area contributed by atoms with Crippen LogP contribution < -0.4 is 10.1 Å². The third-order valence-electron chi connectivity index (χ3n) is 5.27. The molecule has 1 aromatic heterocycles. The molecule has 1 saturated heterocycles. The Hall–Kier alpha value is -2.44. The van der Waals surface area contributed by atoms with Crippen LogP contribution in [0.2, 0.25) is 0 Å². The normalized spacial score (nSPS) is 15.7. The van der Waals surface area contributed by atoms with Gasteiger partial charge in [-0.2, -0.15) is 0 Å². The van der Waals surface area contributed by atoms with Crippen LogP contribution in [-0.4, -0.2) is 34.9 Å². The van der Waals surface area contributed by atoms with E-state index < -0.39 is 0 Å². The van der Waals surface area contributed by atoms with Crippen molar-refractivity contribution >= 4 is 27.5 Å². The van der Waals surface area contributed by atoms with Crippen molar-refractivity contribution in [3.8, 4) is 10.9 Å². The van der Waals surface area contributed by atoms with Crippen molar-refractivity contribution < 1.29 is 9.53 Å². The van der Waals surface area contributed by atoms with Gasteiger partial charge < -0.3 is 10.1 Å². The monoisotopic (exact) mass is 409 g/mol. The van der Waals surface area contributed by atoms with Crippen LogP contribution in [0.1, 0.15) is 32.3 Å². The molecule has 3 aromatic rings. The topological polar surface area (TPSA) is 54.5 Å². The lowest BCUT2D eigenvalue weighted by molar-refractivity contribution is -0.125. The standard InChI is InChI=1S/C23H27N3O2S/c1-16(2)22(27)24-18-11-13-26(14-12-18)15-17-7-9-19(10-8-17)28-23-25-20-5-3-4-6-21(20)29-23/h3-10,16,18H,11-15H2,1-2H3,(H,24,27). The zero-order valence-corrected chi connectivity index (χ0v) is 17.7. The van der Waals surface area contributed by atoms with E-state index in [1.54, 1.807) is 11.3 Å². The number of amides is 1. The van der Waals surface area contributed by atoms with E-state index >= 15 is 0 Å². The first kappa shape index (κ1) is 19.9. The molecule has 0 bridgehead atoms. The lowest BCUT2D eigenvalue weighted by Crippen LogP contribution is -2.45. The first-order valence-corrected chi connectivity index (χ1v) is 11.0. The van der Waals surface area contributed by atoms with Gasteiger partial charge >= 0.3 is 0 Å². The SMILES string of the molecule is CC(C)C(=O)NC1CCN(Cc2ccc(Oc3nc4ccccc4s3)cc2)CC1. The zero-order valence-electron chi connectivity index (χ0n) is 16.9. The molecule has 0 aliphatic carbocycles. The molecular formula is C23H27N3O2S. The second-order valence-electron chi connectivity index (χ2n) is 7.91. The van der Waals surface area contributed by atoms with Gasteiger partial charge in [0.15, 0.2) is 0 Å². The van der Waals surface area contributed by atoms with E-state index in [0.29, 0.717) is 11.2 Å². The third-order valence-corrected chi connectivity index (χ3v) is 6.18. The molecule has 2 heterocycles. The second-order valence-corrected chi connectivity index (χ2v) is 8.90. The zero-order chi connectivity index (χ0) is 20.2. The Morgan fingerprint density at radius 1 is 1.17 bits per heavy atom. The molecule has 5 nitrogen and oxygen atoms in total. The first-order chi connectivity index (χ1) is 14.1. The molecule has 152 valence electrons. The molecule has 29 heavy (non-hydrogen) atoms. The number of para-hydroxylation sites is 1. The maximum atomic E-state index is 11.9. The van der Waals surface area contributed by atoms with Crippen LogP contribution in [0.15, 0.2) is 48.5 Å². The Bertz CT molecular complexity index is 927. The number of carbonyl (C=O) groups excluding carboxylic acids is 1. The molecule has 0 radical (unpaired) electrons. The van der Waals surface area contributed by atoms with E-state index in [1.807, 2.05) is 44.2 Å². The highest BCUT2D eigenvalue weighted by atomic mass is 32.1. The predicted molar refractivity (Wildman–Crippen MR) is 117 cm³/mol. The highest BCUT2D eigenvalue weighted by molar-refractivity contribution is 7.20. The molecule has 0 spiro atoms. The summed E-state index contributed by atoms with van der Waals surface area (Å²) in [7, 11) is 0. The van der Waals surface area contributed by atoms with Gasteiger partial charge in [-0.1, -0.05) is 49.4 Å². The summed E-state index contributed by atoms with van der Waals surface area (Å²) < 4.78 is 7.06. The molecule has 6 heteroatoms. The third kappa shape index (κ3) is 5.14. The lowest BCUT2D eigenvalue weighted by Gasteiger charge is -2.32. The molecule has 0 saturated carbocycles. The summed E-state index contributed by atoms with van der Waals surface area (Å²) in [6, 6.07) is 16.6. The molecule has 0 atom stereocenters. The van der Waals surface area contributed by atoms with Crippen LogP contribution in [-0.2, 0) is 11.3 Å². The molecule has 1 N–H and O–H groups in total. The summed E-state index contributed by atoms with van der Waals surface area (Å²) in [6.45, 7) is 6.82. The van der Waals surface area contributed by atoms with Gasteiger partial charge in [0.1, 0.15) is 5.75 Å². The van der Waals surface area contributed by atoms with Gasteiger partial charge in [-0.05, 0) is 42.7 Å². The van der Waals surface area contributed by atoms with Gasteiger partial charge in [-0.25, -0.2) is 4.98 Å². The summed E-state index contributed by atoms with van der Waals surface area (Å²) in [6.07, 6.45) is 2.02. The van der Waals surface area contributed by atoms with Gasteiger partial charge in [-0.3, -0.25) is 9.69 Å². The molecule has 0 unspecified atom stereocenters. The van der Waals surface area contributed by atoms with Crippen molar-refractivity contribution in [1.29, 1.82) is 0 Å². The Morgan fingerprint density at radius 3 is 2.59 bits per heavy atom. The Labute approximate surface area is 175 Å². The highest BCUT2D eigenvalue weighted by Crippen LogP contribution is 2.31. The molecule has 1 amide bonds. The lowest BCUT2D eigenvalue weighted by atomic mass is 10.0. The van der Waals surface area contributed by atoms with Crippen molar-refractivity contribution in [3.63, 3.8) is 0 Å². The fourth-order valence-electron chi connectivity index (χ4n) is 3.52. The summed E-state index contributed by atoms with van der Waals surface area (Å²) in [5.41, 5.74) is 2.24. The van der Waals surface area contributed by atoms with Crippen LogP contribution in [0.25, 0.3) is 10.2 Å². The number of ether oxygens (including phenoxy) is 1. The predicted octanol–water partition coefficient (Wildman–Crippen LogP) is 4.83. The van der Waals surface area contributed by atoms with Gasteiger partial charge in [0, 0.05) is 31.6 Å². The number of hydrogen-bond donors (Lipinski definition) is 1. The molecule has 1 fully saturated rings. The fourth-order valence-corrected chi connectivity index (χ4v) is 4.35. The Balaban J connectivity index is 1.28. The summed E-state index contributed by atoms with van der Waals surface area (Å²) >= 11 is 1.56. The van der Waals surface area contributed by atoms with Gasteiger partial charge in [0.05, 0.1) is 10.2 Å². The molecular weight excluding hydrogens is 382 g/mol. The Kier molecular flexibility index (Phi) is 6.11. The minimum atomic E-state index is 0.0523. The maximum absolute atomic E-state index is 11.9. The van der Waals surface area contributed by atoms with Crippen molar-refractivity contribution in [2.24, 2.45) is 5.92 Å². The fraction of sp³-hybridized carbons (Fsp3) is 0.391. The molecule has 1 aliphatic heterocycles. The van der Waals surface area contributed by atoms with Crippen LogP contribution >= 0.6 is 11.3 Å². The number of aromatic nitrogens is 1. The van der Waals surface area contributed by atoms with Gasteiger partial charge in [0.25, 0.3) is 5.19 Å². The van der Waals surface area contributed by atoms with E-state index in [4.69, 9.17) is 4.74 Å². The van der Waals surface area contributed by atoms with Crippen molar-refractivity contribution in [2.45, 2.75) is 39.3 Å². The summed E-state index contributed by atoms with van der Waals surface area (Å²) in [5, 5.41) is 3.83. The summed E-state index contributed by atoms with van der Waals surface area (Å²) in [4.78, 5) is 18.8. The number of hydrogen-bond acceptors (Lipinski definition) is 5. The van der Waals surface area contributed by atoms with Crippen molar-refractivity contribution in [3.05, 3.63) is 54.1 Å². The number of thiazole rings is 1. The first-order valence-electron chi connectivity index (χ1n) is 10.2. The summed E-state index contributed by atoms with van der Waals surface area (Å²) in [5.74, 6) is 1.02. The van der Waals surface area contributed by atoms with Crippen LogP contribution in [0, 0.1) is 5.92 Å². The smallest absolute Gasteiger partial charge is 0.279 e. The van der Waals surface area contributed by atoms with Crippen LogP contribution in [0.5, 0.6) is 10.9 Å². The number of carbonyl (C=O) groups is 1. The van der Waals surface area contributed by atoms with Crippen molar-refractivity contribution in [1.82, 2.24) is 15.2 Å². The number of piperidine rings is 1. The second kappa shape index (κ2) is 8.93. The van der Waals surface area contributed by atoms with Crippen LogP contribution in [0.4, 0.5) is 0 Å².